The Hall–Kier alpha value is -2.65. The summed E-state index contributed by atoms with van der Waals surface area (Å²) < 4.78 is 53.8. The first-order valence-electron chi connectivity index (χ1n) is 20.8. The first-order valence-corrected chi connectivity index (χ1v) is 22.5. The van der Waals surface area contributed by atoms with E-state index in [0.29, 0.717) is 19.3 Å². The lowest BCUT2D eigenvalue weighted by molar-refractivity contribution is -0.297. The Balaban J connectivity index is 2.54. The second-order valence-corrected chi connectivity index (χ2v) is 15.8. The van der Waals surface area contributed by atoms with E-state index >= 15 is 0 Å². The molecule has 6 atom stereocenters. The van der Waals surface area contributed by atoms with Crippen LogP contribution in [0.1, 0.15) is 142 Å². The molecule has 6 unspecified atom stereocenters. The second kappa shape index (κ2) is 33.3. The van der Waals surface area contributed by atoms with E-state index in [-0.39, 0.29) is 19.4 Å². The summed E-state index contributed by atoms with van der Waals surface area (Å²) in [6.07, 6.45) is 30.0. The molecule has 0 amide bonds. The van der Waals surface area contributed by atoms with Crippen LogP contribution < -0.4 is 0 Å². The van der Waals surface area contributed by atoms with E-state index < -0.39 is 71.2 Å². The molecule has 0 aliphatic carbocycles. The number of hydrogen-bond acceptors (Lipinski definition) is 11. The predicted molar refractivity (Wildman–Crippen MR) is 219 cm³/mol. The van der Waals surface area contributed by atoms with Crippen molar-refractivity contribution in [1.29, 1.82) is 0 Å². The number of rotatable bonds is 33. The van der Waals surface area contributed by atoms with Gasteiger partial charge in [0.15, 0.2) is 12.4 Å². The average Bonchev–Trinajstić information content (AvgIpc) is 3.16. The molecule has 0 radical (unpaired) electrons. The molecule has 1 aliphatic rings. The van der Waals surface area contributed by atoms with Crippen LogP contribution >= 0.6 is 0 Å². The lowest BCUT2D eigenvalue weighted by atomic mass is 10.00. The van der Waals surface area contributed by atoms with Gasteiger partial charge in [0, 0.05) is 12.8 Å². The molecule has 0 aromatic heterocycles. The standard InChI is InChI=1S/C43H72O12S/c1-3-5-7-9-11-13-15-16-17-18-19-20-22-24-26-28-30-32-39(45)54-36(33-52-38(44)31-29-27-25-23-21-14-12-10-8-6-4-2)34-53-43-42(48)41(47)40(46)37(55-43)35-56(49,50)51/h5,7,11,13,16-17,19-20,24,26,36-37,40-43,46-48H,3-4,6,8-10,12,14-15,18,21-23,25,27-35H2,1-2H3,(H,49,50,51)/b7-5-,13-11-,17-16-,20-19-,26-24-. The Morgan fingerprint density at radius 1 is 0.625 bits per heavy atom. The molecule has 4 N–H and O–H groups in total. The normalized spacial score (nSPS) is 21.3. The highest BCUT2D eigenvalue weighted by Gasteiger charge is 2.46. The number of unbranched alkanes of at least 4 members (excludes halogenated alkanes) is 11. The summed E-state index contributed by atoms with van der Waals surface area (Å²) in [4.78, 5) is 25.3. The smallest absolute Gasteiger partial charge is 0.306 e. The van der Waals surface area contributed by atoms with Crippen LogP contribution in [0.4, 0.5) is 0 Å². The van der Waals surface area contributed by atoms with Crippen molar-refractivity contribution < 1.29 is 56.8 Å². The van der Waals surface area contributed by atoms with Crippen molar-refractivity contribution in [1.82, 2.24) is 0 Å². The Morgan fingerprint density at radius 3 is 1.66 bits per heavy atom. The summed E-state index contributed by atoms with van der Waals surface area (Å²) in [7, 11) is -4.61. The molecule has 0 bridgehead atoms. The van der Waals surface area contributed by atoms with Crippen molar-refractivity contribution in [2.45, 2.75) is 179 Å². The molecule has 0 aromatic rings. The first-order chi connectivity index (χ1) is 27.0. The quantitative estimate of drug-likeness (QED) is 0.0219. The number of carbonyl (C=O) groups is 2. The van der Waals surface area contributed by atoms with Gasteiger partial charge in [0.25, 0.3) is 10.1 Å². The van der Waals surface area contributed by atoms with Gasteiger partial charge in [0.1, 0.15) is 36.8 Å². The topological polar surface area (TPSA) is 186 Å². The number of carbonyl (C=O) groups excluding carboxylic acids is 2. The Labute approximate surface area is 336 Å². The van der Waals surface area contributed by atoms with E-state index in [4.69, 9.17) is 18.9 Å². The highest BCUT2D eigenvalue weighted by molar-refractivity contribution is 7.85. The van der Waals surface area contributed by atoms with Gasteiger partial charge in [-0.2, -0.15) is 8.42 Å². The van der Waals surface area contributed by atoms with Crippen molar-refractivity contribution in [2.24, 2.45) is 0 Å². The van der Waals surface area contributed by atoms with Crippen molar-refractivity contribution in [2.75, 3.05) is 19.0 Å². The van der Waals surface area contributed by atoms with E-state index in [1.807, 2.05) is 12.2 Å². The van der Waals surface area contributed by atoms with E-state index in [1.165, 1.54) is 44.9 Å². The van der Waals surface area contributed by atoms with E-state index in [9.17, 15) is 37.9 Å². The minimum absolute atomic E-state index is 0.0847. The minimum atomic E-state index is -4.61. The Morgan fingerprint density at radius 2 is 1.12 bits per heavy atom. The minimum Gasteiger partial charge on any atom is -0.462 e. The number of esters is 2. The summed E-state index contributed by atoms with van der Waals surface area (Å²) in [5.74, 6) is -2.07. The predicted octanol–water partition coefficient (Wildman–Crippen LogP) is 7.78. The number of aliphatic hydroxyl groups is 3. The summed E-state index contributed by atoms with van der Waals surface area (Å²) in [5, 5.41) is 30.8. The third kappa shape index (κ3) is 27.9. The lowest BCUT2D eigenvalue weighted by Gasteiger charge is -2.40. The van der Waals surface area contributed by atoms with Crippen LogP contribution in [0.15, 0.2) is 60.8 Å². The van der Waals surface area contributed by atoms with Crippen LogP contribution in [-0.2, 0) is 38.7 Å². The Bertz CT molecular complexity index is 1280. The molecular formula is C43H72O12S. The molecule has 13 heteroatoms. The third-order valence-electron chi connectivity index (χ3n) is 9.11. The second-order valence-electron chi connectivity index (χ2n) is 14.3. The van der Waals surface area contributed by atoms with Crippen molar-refractivity contribution in [3.63, 3.8) is 0 Å². The van der Waals surface area contributed by atoms with Crippen LogP contribution in [0.25, 0.3) is 0 Å². The summed E-state index contributed by atoms with van der Waals surface area (Å²) in [6, 6.07) is 0. The molecule has 0 saturated carbocycles. The molecule has 1 saturated heterocycles. The Kier molecular flexibility index (Phi) is 30.6. The molecule has 56 heavy (non-hydrogen) atoms. The van der Waals surface area contributed by atoms with E-state index in [0.717, 1.165) is 51.4 Å². The number of hydrogen-bond donors (Lipinski definition) is 4. The zero-order chi connectivity index (χ0) is 41.3. The molecule has 0 aromatic carbocycles. The molecule has 322 valence electrons. The maximum atomic E-state index is 12.7. The molecule has 12 nitrogen and oxygen atoms in total. The lowest BCUT2D eigenvalue weighted by Crippen LogP contribution is -2.60. The highest BCUT2D eigenvalue weighted by atomic mass is 32.2. The van der Waals surface area contributed by atoms with Gasteiger partial charge < -0.3 is 34.3 Å². The van der Waals surface area contributed by atoms with Gasteiger partial charge in [-0.15, -0.1) is 0 Å². The monoisotopic (exact) mass is 812 g/mol. The number of ether oxygens (including phenoxy) is 4. The molecule has 1 aliphatic heterocycles. The van der Waals surface area contributed by atoms with Gasteiger partial charge in [-0.3, -0.25) is 14.1 Å². The van der Waals surface area contributed by atoms with Crippen molar-refractivity contribution in [3.05, 3.63) is 60.8 Å². The van der Waals surface area contributed by atoms with Gasteiger partial charge in [0.05, 0.1) is 6.61 Å². The van der Waals surface area contributed by atoms with E-state index in [1.54, 1.807) is 0 Å². The van der Waals surface area contributed by atoms with E-state index in [2.05, 4.69) is 62.5 Å². The van der Waals surface area contributed by atoms with Gasteiger partial charge in [-0.05, 0) is 51.4 Å². The third-order valence-corrected chi connectivity index (χ3v) is 9.86. The zero-order valence-corrected chi connectivity index (χ0v) is 34.8. The first kappa shape index (κ1) is 51.4. The summed E-state index contributed by atoms with van der Waals surface area (Å²) >= 11 is 0. The molecular weight excluding hydrogens is 741 g/mol. The largest absolute Gasteiger partial charge is 0.462 e. The molecule has 0 spiro atoms. The van der Waals surface area contributed by atoms with Crippen LogP contribution in [0.3, 0.4) is 0 Å². The van der Waals surface area contributed by atoms with Crippen molar-refractivity contribution in [3.8, 4) is 0 Å². The maximum absolute atomic E-state index is 12.7. The average molecular weight is 813 g/mol. The summed E-state index contributed by atoms with van der Waals surface area (Å²) in [6.45, 7) is 3.56. The van der Waals surface area contributed by atoms with Crippen molar-refractivity contribution >= 4 is 22.1 Å². The fourth-order valence-electron chi connectivity index (χ4n) is 5.89. The fraction of sp³-hybridized carbons (Fsp3) is 0.721. The fourth-order valence-corrected chi connectivity index (χ4v) is 6.58. The van der Waals surface area contributed by atoms with Gasteiger partial charge in [-0.1, -0.05) is 139 Å². The SMILES string of the molecule is CC/C=C\C/C=C\C/C=C\C/C=C\C/C=C\CCCC(=O)OC(COC(=O)CCCCCCCCCCCCC)COC1OC(CS(=O)(=O)O)C(O)C(O)C1O. The number of allylic oxidation sites excluding steroid dienone is 10. The number of aliphatic hydroxyl groups excluding tert-OH is 3. The molecule has 1 heterocycles. The highest BCUT2D eigenvalue weighted by Crippen LogP contribution is 2.24. The van der Waals surface area contributed by atoms with Gasteiger partial charge in [0.2, 0.25) is 0 Å². The van der Waals surface area contributed by atoms with Gasteiger partial charge in [-0.25, -0.2) is 0 Å². The van der Waals surface area contributed by atoms with Crippen LogP contribution in [-0.4, -0.2) is 96.0 Å². The summed E-state index contributed by atoms with van der Waals surface area (Å²) in [5.41, 5.74) is 0. The van der Waals surface area contributed by atoms with Crippen LogP contribution in [0.2, 0.25) is 0 Å². The van der Waals surface area contributed by atoms with Crippen LogP contribution in [0.5, 0.6) is 0 Å². The zero-order valence-electron chi connectivity index (χ0n) is 34.0. The van der Waals surface area contributed by atoms with Gasteiger partial charge >= 0.3 is 11.9 Å². The maximum Gasteiger partial charge on any atom is 0.306 e. The molecule has 1 fully saturated rings. The molecule has 1 rings (SSSR count). The van der Waals surface area contributed by atoms with Crippen LogP contribution in [0, 0.1) is 0 Å².